The zero-order valence-corrected chi connectivity index (χ0v) is 16.7. The Morgan fingerprint density at radius 1 is 1.36 bits per heavy atom. The largest absolute Gasteiger partial charge is 0.354 e. The Hall–Kier alpha value is -2.81. The summed E-state index contributed by atoms with van der Waals surface area (Å²) in [5.74, 6) is 0.161. The SMILES string of the molecule is CC(=O)NCCn1nc([C@@H]2CCN(C(=O)c3scnc3C)C2)c2cccnc21. The van der Waals surface area contributed by atoms with Gasteiger partial charge in [0.15, 0.2) is 5.65 Å². The molecular formula is C19H22N6O2S. The first kappa shape index (κ1) is 18.5. The number of carbonyl (C=O) groups is 2. The minimum atomic E-state index is -0.0621. The molecule has 0 unspecified atom stereocenters. The average Bonchev–Trinajstić information content (AvgIpc) is 3.39. The summed E-state index contributed by atoms with van der Waals surface area (Å²) in [6.45, 7) is 5.78. The van der Waals surface area contributed by atoms with Crippen LogP contribution in [0.2, 0.25) is 0 Å². The van der Waals surface area contributed by atoms with Gasteiger partial charge in [-0.3, -0.25) is 9.59 Å². The molecule has 3 aromatic rings. The first-order chi connectivity index (χ1) is 13.5. The van der Waals surface area contributed by atoms with Crippen molar-refractivity contribution < 1.29 is 9.59 Å². The summed E-state index contributed by atoms with van der Waals surface area (Å²) >= 11 is 1.39. The highest BCUT2D eigenvalue weighted by atomic mass is 32.1. The van der Waals surface area contributed by atoms with Gasteiger partial charge in [0.05, 0.1) is 23.4 Å². The Balaban J connectivity index is 1.55. The van der Waals surface area contributed by atoms with Crippen LogP contribution in [-0.4, -0.2) is 56.1 Å². The summed E-state index contributed by atoms with van der Waals surface area (Å²) in [4.78, 5) is 35.2. The van der Waals surface area contributed by atoms with E-state index in [0.717, 1.165) is 28.8 Å². The number of nitrogens with zero attached hydrogens (tertiary/aromatic N) is 5. The lowest BCUT2D eigenvalue weighted by molar-refractivity contribution is -0.118. The topological polar surface area (TPSA) is 93.0 Å². The summed E-state index contributed by atoms with van der Waals surface area (Å²) in [5.41, 5.74) is 4.29. The molecule has 8 nitrogen and oxygen atoms in total. The zero-order chi connectivity index (χ0) is 19.7. The number of fused-ring (bicyclic) bond motifs is 1. The lowest BCUT2D eigenvalue weighted by Gasteiger charge is -2.15. The van der Waals surface area contributed by atoms with Crippen LogP contribution in [0.1, 0.15) is 40.3 Å². The van der Waals surface area contributed by atoms with Gasteiger partial charge in [0.25, 0.3) is 5.91 Å². The molecule has 0 spiro atoms. The second-order valence-corrected chi connectivity index (χ2v) is 7.82. The lowest BCUT2D eigenvalue weighted by Crippen LogP contribution is -2.28. The van der Waals surface area contributed by atoms with Crippen molar-refractivity contribution in [3.8, 4) is 0 Å². The van der Waals surface area contributed by atoms with Crippen LogP contribution < -0.4 is 5.32 Å². The number of hydrogen-bond donors (Lipinski definition) is 1. The molecular weight excluding hydrogens is 376 g/mol. The molecule has 0 aromatic carbocycles. The van der Waals surface area contributed by atoms with Crippen molar-refractivity contribution >= 4 is 34.2 Å². The van der Waals surface area contributed by atoms with Crippen LogP contribution in [0, 0.1) is 6.92 Å². The van der Waals surface area contributed by atoms with Gasteiger partial charge in [-0.05, 0) is 25.5 Å². The predicted octanol–water partition coefficient (Wildman–Crippen LogP) is 1.96. The van der Waals surface area contributed by atoms with Gasteiger partial charge < -0.3 is 10.2 Å². The molecule has 3 aromatic heterocycles. The predicted molar refractivity (Wildman–Crippen MR) is 106 cm³/mol. The molecule has 9 heteroatoms. The monoisotopic (exact) mass is 398 g/mol. The second-order valence-electron chi connectivity index (χ2n) is 6.97. The van der Waals surface area contributed by atoms with E-state index in [2.05, 4.69) is 15.3 Å². The highest BCUT2D eigenvalue weighted by Crippen LogP contribution is 2.32. The summed E-state index contributed by atoms with van der Waals surface area (Å²) < 4.78 is 1.85. The normalized spacial score (nSPS) is 16.6. The highest BCUT2D eigenvalue weighted by Gasteiger charge is 2.32. The second kappa shape index (κ2) is 7.67. The fraction of sp³-hybridized carbons (Fsp3) is 0.421. The quantitative estimate of drug-likeness (QED) is 0.709. The molecule has 4 heterocycles. The molecule has 4 rings (SSSR count). The van der Waals surface area contributed by atoms with Crippen molar-refractivity contribution in [2.24, 2.45) is 0 Å². The van der Waals surface area contributed by atoms with Crippen molar-refractivity contribution in [3.05, 3.63) is 40.1 Å². The van der Waals surface area contributed by atoms with E-state index in [1.807, 2.05) is 28.6 Å². The number of nitrogens with one attached hydrogen (secondary N) is 1. The van der Waals surface area contributed by atoms with E-state index in [9.17, 15) is 9.59 Å². The van der Waals surface area contributed by atoms with E-state index < -0.39 is 0 Å². The van der Waals surface area contributed by atoms with Crippen LogP contribution in [0.3, 0.4) is 0 Å². The van der Waals surface area contributed by atoms with Crippen molar-refractivity contribution in [2.75, 3.05) is 19.6 Å². The molecule has 0 aliphatic carbocycles. The standard InChI is InChI=1S/C19H22N6O2S/c1-12-17(28-11-22-12)19(27)24-8-5-14(10-24)16-15-4-3-6-21-18(15)25(23-16)9-7-20-13(2)26/h3-4,6,11,14H,5,7-10H2,1-2H3,(H,20,26)/t14-/m1/s1. The van der Waals surface area contributed by atoms with Gasteiger partial charge >= 0.3 is 0 Å². The molecule has 1 saturated heterocycles. The van der Waals surface area contributed by atoms with Gasteiger partial charge in [0.2, 0.25) is 5.91 Å². The van der Waals surface area contributed by atoms with Crippen LogP contribution in [0.25, 0.3) is 11.0 Å². The van der Waals surface area contributed by atoms with Crippen LogP contribution in [0.4, 0.5) is 0 Å². The van der Waals surface area contributed by atoms with E-state index in [4.69, 9.17) is 5.10 Å². The molecule has 28 heavy (non-hydrogen) atoms. The fourth-order valence-corrected chi connectivity index (χ4v) is 4.42. The molecule has 146 valence electrons. The van der Waals surface area contributed by atoms with Gasteiger partial charge in [0.1, 0.15) is 4.88 Å². The number of amides is 2. The van der Waals surface area contributed by atoms with E-state index >= 15 is 0 Å². The number of carbonyl (C=O) groups excluding carboxylic acids is 2. The van der Waals surface area contributed by atoms with Crippen molar-refractivity contribution in [1.82, 2.24) is 30.0 Å². The van der Waals surface area contributed by atoms with Crippen LogP contribution in [-0.2, 0) is 11.3 Å². The molecule has 1 aliphatic heterocycles. The Labute approximate surface area is 166 Å². The fourth-order valence-electron chi connectivity index (χ4n) is 3.65. The zero-order valence-electron chi connectivity index (χ0n) is 15.9. The molecule has 1 fully saturated rings. The van der Waals surface area contributed by atoms with Crippen LogP contribution in [0.5, 0.6) is 0 Å². The van der Waals surface area contributed by atoms with Gasteiger partial charge in [-0.15, -0.1) is 11.3 Å². The first-order valence-electron chi connectivity index (χ1n) is 9.30. The third-order valence-corrected chi connectivity index (χ3v) is 5.95. The Bertz CT molecular complexity index is 1030. The van der Waals surface area contributed by atoms with Gasteiger partial charge in [-0.1, -0.05) is 0 Å². The third kappa shape index (κ3) is 3.49. The highest BCUT2D eigenvalue weighted by molar-refractivity contribution is 7.11. The maximum absolute atomic E-state index is 12.8. The van der Waals surface area contributed by atoms with E-state index in [0.29, 0.717) is 31.1 Å². The smallest absolute Gasteiger partial charge is 0.265 e. The number of rotatable bonds is 5. The molecule has 1 N–H and O–H groups in total. The Morgan fingerprint density at radius 3 is 2.96 bits per heavy atom. The summed E-state index contributed by atoms with van der Waals surface area (Å²) in [7, 11) is 0. The number of hydrogen-bond acceptors (Lipinski definition) is 6. The molecule has 2 amide bonds. The van der Waals surface area contributed by atoms with Gasteiger partial charge in [-0.25, -0.2) is 14.6 Å². The van der Waals surface area contributed by atoms with Gasteiger partial charge in [-0.2, -0.15) is 5.10 Å². The number of thiazole rings is 1. The van der Waals surface area contributed by atoms with E-state index in [1.165, 1.54) is 18.3 Å². The Morgan fingerprint density at radius 2 is 2.21 bits per heavy atom. The maximum Gasteiger partial charge on any atom is 0.265 e. The minimum Gasteiger partial charge on any atom is -0.354 e. The number of likely N-dealkylation sites (tertiary alicyclic amines) is 1. The van der Waals surface area contributed by atoms with Crippen molar-refractivity contribution in [1.29, 1.82) is 0 Å². The number of aryl methyl sites for hydroxylation is 1. The number of pyridine rings is 1. The van der Waals surface area contributed by atoms with E-state index in [-0.39, 0.29) is 17.7 Å². The summed E-state index contributed by atoms with van der Waals surface area (Å²) in [6.07, 6.45) is 2.62. The van der Waals surface area contributed by atoms with Gasteiger partial charge in [0, 0.05) is 44.1 Å². The third-order valence-electron chi connectivity index (χ3n) is 5.04. The first-order valence-corrected chi connectivity index (χ1v) is 10.2. The molecule has 0 saturated carbocycles. The molecule has 1 aliphatic rings. The lowest BCUT2D eigenvalue weighted by atomic mass is 10.0. The van der Waals surface area contributed by atoms with E-state index in [1.54, 1.807) is 11.7 Å². The number of aromatic nitrogens is 4. The molecule has 0 radical (unpaired) electrons. The van der Waals surface area contributed by atoms with Crippen LogP contribution >= 0.6 is 11.3 Å². The summed E-state index contributed by atoms with van der Waals surface area (Å²) in [6, 6.07) is 3.93. The van der Waals surface area contributed by atoms with Crippen molar-refractivity contribution in [2.45, 2.75) is 32.7 Å². The van der Waals surface area contributed by atoms with Crippen molar-refractivity contribution in [3.63, 3.8) is 0 Å². The summed E-state index contributed by atoms with van der Waals surface area (Å²) in [5, 5.41) is 8.61. The minimum absolute atomic E-state index is 0.0509. The maximum atomic E-state index is 12.8. The molecule has 0 bridgehead atoms. The Kier molecular flexibility index (Phi) is 5.08. The molecule has 1 atom stereocenters. The average molecular weight is 398 g/mol. The van der Waals surface area contributed by atoms with Crippen LogP contribution in [0.15, 0.2) is 23.8 Å².